The number of ether oxygens (including phenoxy) is 1. The Morgan fingerprint density at radius 2 is 2.04 bits per heavy atom. The predicted octanol–water partition coefficient (Wildman–Crippen LogP) is 3.62. The number of nitrogens with one attached hydrogen (secondary N) is 1. The predicted molar refractivity (Wildman–Crippen MR) is 104 cm³/mol. The Morgan fingerprint density at radius 3 is 2.81 bits per heavy atom. The van der Waals surface area contributed by atoms with Crippen LogP contribution < -0.4 is 15.0 Å². The molecule has 0 aliphatic carbocycles. The molecule has 6 heteroatoms. The number of carbonyl (C=O) groups is 2. The molecular weight excluding hydrogens is 342 g/mol. The summed E-state index contributed by atoms with van der Waals surface area (Å²) in [5, 5.41) is 3.70. The number of benzene rings is 2. The summed E-state index contributed by atoms with van der Waals surface area (Å²) in [6.07, 6.45) is 3.02. The highest BCUT2D eigenvalue weighted by Crippen LogP contribution is 2.34. The van der Waals surface area contributed by atoms with E-state index < -0.39 is 0 Å². The highest BCUT2D eigenvalue weighted by molar-refractivity contribution is 6.12. The van der Waals surface area contributed by atoms with E-state index in [4.69, 9.17) is 4.74 Å². The van der Waals surface area contributed by atoms with Crippen molar-refractivity contribution in [2.45, 2.75) is 12.8 Å². The zero-order chi connectivity index (χ0) is 18.8. The number of rotatable bonds is 4. The van der Waals surface area contributed by atoms with Gasteiger partial charge in [-0.25, -0.2) is 0 Å². The maximum Gasteiger partial charge on any atom is 0.256 e. The number of aromatic nitrogens is 1. The Bertz CT molecular complexity index is 1030. The molecule has 27 heavy (non-hydrogen) atoms. The van der Waals surface area contributed by atoms with Gasteiger partial charge in [0.2, 0.25) is 5.91 Å². The quantitative estimate of drug-likeness (QED) is 0.770. The van der Waals surface area contributed by atoms with E-state index in [-0.39, 0.29) is 11.8 Å². The molecule has 1 saturated heterocycles. The Morgan fingerprint density at radius 1 is 1.19 bits per heavy atom. The average Bonchev–Trinajstić information content (AvgIpc) is 3.13. The summed E-state index contributed by atoms with van der Waals surface area (Å²) < 4.78 is 5.45. The van der Waals surface area contributed by atoms with E-state index in [1.165, 1.54) is 0 Å². The van der Waals surface area contributed by atoms with E-state index in [0.717, 1.165) is 23.0 Å². The summed E-state index contributed by atoms with van der Waals surface area (Å²) in [6, 6.07) is 14.5. The van der Waals surface area contributed by atoms with Gasteiger partial charge in [0.25, 0.3) is 5.91 Å². The third kappa shape index (κ3) is 3.21. The maximum atomic E-state index is 12.8. The zero-order valence-corrected chi connectivity index (χ0v) is 14.9. The SMILES string of the molecule is COc1cc(NC(=O)c2ccnc3ccccc23)ccc1N1CCCC1=O. The van der Waals surface area contributed by atoms with Gasteiger partial charge < -0.3 is 15.0 Å². The van der Waals surface area contributed by atoms with Crippen molar-refractivity contribution in [3.63, 3.8) is 0 Å². The Balaban J connectivity index is 1.62. The van der Waals surface area contributed by atoms with Gasteiger partial charge in [-0.15, -0.1) is 0 Å². The lowest BCUT2D eigenvalue weighted by Crippen LogP contribution is -2.24. The number of nitrogens with zero attached hydrogens (tertiary/aromatic N) is 2. The van der Waals surface area contributed by atoms with Crippen molar-refractivity contribution in [1.29, 1.82) is 0 Å². The molecule has 0 unspecified atom stereocenters. The van der Waals surface area contributed by atoms with Gasteiger partial charge in [0.05, 0.1) is 23.9 Å². The summed E-state index contributed by atoms with van der Waals surface area (Å²) in [5.74, 6) is 0.427. The van der Waals surface area contributed by atoms with Crippen LogP contribution in [0, 0.1) is 0 Å². The van der Waals surface area contributed by atoms with Crippen LogP contribution in [0.3, 0.4) is 0 Å². The fourth-order valence-corrected chi connectivity index (χ4v) is 3.37. The second kappa shape index (κ2) is 7.07. The summed E-state index contributed by atoms with van der Waals surface area (Å²) >= 11 is 0. The normalized spacial score (nSPS) is 13.8. The largest absolute Gasteiger partial charge is 0.494 e. The molecule has 2 amide bonds. The van der Waals surface area contributed by atoms with Crippen molar-refractivity contribution in [3.8, 4) is 5.75 Å². The van der Waals surface area contributed by atoms with E-state index in [1.807, 2.05) is 30.3 Å². The number of anilines is 2. The van der Waals surface area contributed by atoms with Crippen molar-refractivity contribution >= 4 is 34.1 Å². The summed E-state index contributed by atoms with van der Waals surface area (Å²) in [5.41, 5.74) is 2.66. The van der Waals surface area contributed by atoms with Crippen LogP contribution in [0.2, 0.25) is 0 Å². The third-order valence-corrected chi connectivity index (χ3v) is 4.70. The van der Waals surface area contributed by atoms with Gasteiger partial charge in [-0.05, 0) is 30.7 Å². The molecule has 1 aliphatic heterocycles. The second-order valence-electron chi connectivity index (χ2n) is 6.37. The monoisotopic (exact) mass is 361 g/mol. The van der Waals surface area contributed by atoms with Crippen molar-refractivity contribution < 1.29 is 14.3 Å². The molecule has 1 fully saturated rings. The van der Waals surface area contributed by atoms with Gasteiger partial charge in [0.15, 0.2) is 0 Å². The highest BCUT2D eigenvalue weighted by atomic mass is 16.5. The molecule has 136 valence electrons. The fourth-order valence-electron chi connectivity index (χ4n) is 3.37. The first kappa shape index (κ1) is 17.0. The number of methoxy groups -OCH3 is 1. The Labute approximate surface area is 156 Å². The van der Waals surface area contributed by atoms with Crippen LogP contribution in [0.5, 0.6) is 5.75 Å². The lowest BCUT2D eigenvalue weighted by molar-refractivity contribution is -0.117. The van der Waals surface area contributed by atoms with Crippen LogP contribution in [0.15, 0.2) is 54.7 Å². The van der Waals surface area contributed by atoms with E-state index in [9.17, 15) is 9.59 Å². The molecule has 4 rings (SSSR count). The van der Waals surface area contributed by atoms with E-state index in [2.05, 4.69) is 10.3 Å². The average molecular weight is 361 g/mol. The van der Waals surface area contributed by atoms with Gasteiger partial charge in [0.1, 0.15) is 5.75 Å². The Hall–Kier alpha value is -3.41. The standard InChI is InChI=1S/C21H19N3O3/c1-27-19-13-14(8-9-18(19)24-12-4-7-20(24)25)23-21(26)16-10-11-22-17-6-3-2-5-15(16)17/h2-3,5-6,8-11,13H,4,7,12H2,1H3,(H,23,26). The lowest BCUT2D eigenvalue weighted by atomic mass is 10.1. The lowest BCUT2D eigenvalue weighted by Gasteiger charge is -2.19. The Kier molecular flexibility index (Phi) is 4.46. The van der Waals surface area contributed by atoms with Crippen LogP contribution in [0.4, 0.5) is 11.4 Å². The van der Waals surface area contributed by atoms with Crippen LogP contribution in [-0.4, -0.2) is 30.5 Å². The molecule has 2 aromatic carbocycles. The first-order valence-corrected chi connectivity index (χ1v) is 8.81. The number of carbonyl (C=O) groups excluding carboxylic acids is 2. The van der Waals surface area contributed by atoms with Crippen molar-refractivity contribution in [3.05, 3.63) is 60.3 Å². The zero-order valence-electron chi connectivity index (χ0n) is 14.9. The van der Waals surface area contributed by atoms with Crippen molar-refractivity contribution in [1.82, 2.24) is 4.98 Å². The fraction of sp³-hybridized carbons (Fsp3) is 0.190. The first-order valence-electron chi connectivity index (χ1n) is 8.81. The van der Waals surface area contributed by atoms with Gasteiger partial charge in [0, 0.05) is 36.3 Å². The minimum Gasteiger partial charge on any atom is -0.494 e. The number of hydrogen-bond acceptors (Lipinski definition) is 4. The molecular formula is C21H19N3O3. The molecule has 3 aromatic rings. The van der Waals surface area contributed by atoms with Gasteiger partial charge in [-0.1, -0.05) is 18.2 Å². The second-order valence-corrected chi connectivity index (χ2v) is 6.37. The summed E-state index contributed by atoms with van der Waals surface area (Å²) in [7, 11) is 1.56. The number of pyridine rings is 1. The van der Waals surface area contributed by atoms with Crippen molar-refractivity contribution in [2.24, 2.45) is 0 Å². The molecule has 1 N–H and O–H groups in total. The topological polar surface area (TPSA) is 71.5 Å². The number of amides is 2. The minimum atomic E-state index is -0.222. The molecule has 0 atom stereocenters. The first-order chi connectivity index (χ1) is 13.2. The van der Waals surface area contributed by atoms with Gasteiger partial charge in [-0.3, -0.25) is 14.6 Å². The van der Waals surface area contributed by atoms with Gasteiger partial charge >= 0.3 is 0 Å². The van der Waals surface area contributed by atoms with Crippen LogP contribution in [-0.2, 0) is 4.79 Å². The highest BCUT2D eigenvalue weighted by Gasteiger charge is 2.24. The molecule has 6 nitrogen and oxygen atoms in total. The number of fused-ring (bicyclic) bond motifs is 1. The molecule has 0 spiro atoms. The molecule has 0 saturated carbocycles. The molecule has 0 radical (unpaired) electrons. The summed E-state index contributed by atoms with van der Waals surface area (Å²) in [4.78, 5) is 30.8. The van der Waals surface area contributed by atoms with Gasteiger partial charge in [-0.2, -0.15) is 0 Å². The summed E-state index contributed by atoms with van der Waals surface area (Å²) in [6.45, 7) is 0.684. The van der Waals surface area contributed by atoms with E-state index in [1.54, 1.807) is 36.4 Å². The van der Waals surface area contributed by atoms with Crippen LogP contribution in [0.1, 0.15) is 23.2 Å². The maximum absolute atomic E-state index is 12.8. The molecule has 1 aliphatic rings. The third-order valence-electron chi connectivity index (χ3n) is 4.70. The number of hydrogen-bond donors (Lipinski definition) is 1. The smallest absolute Gasteiger partial charge is 0.256 e. The molecule has 2 heterocycles. The molecule has 0 bridgehead atoms. The molecule has 1 aromatic heterocycles. The van der Waals surface area contributed by atoms with E-state index in [0.29, 0.717) is 30.0 Å². The van der Waals surface area contributed by atoms with Crippen LogP contribution >= 0.6 is 0 Å². The number of para-hydroxylation sites is 1. The van der Waals surface area contributed by atoms with Crippen LogP contribution in [0.25, 0.3) is 10.9 Å². The van der Waals surface area contributed by atoms with E-state index >= 15 is 0 Å². The van der Waals surface area contributed by atoms with Crippen molar-refractivity contribution in [2.75, 3.05) is 23.9 Å². The minimum absolute atomic E-state index is 0.0911.